The highest BCUT2D eigenvalue weighted by Crippen LogP contribution is 2.36. The number of nitrogens with one attached hydrogen (secondary N) is 2. The maximum Gasteiger partial charge on any atom is 0.416 e. The van der Waals surface area contributed by atoms with Crippen LogP contribution >= 0.6 is 0 Å². The van der Waals surface area contributed by atoms with E-state index >= 15 is 0 Å². The highest BCUT2D eigenvalue weighted by atomic mass is 32.2. The number of ether oxygens (including phenoxy) is 1. The molecule has 0 saturated carbocycles. The predicted molar refractivity (Wildman–Crippen MR) is 124 cm³/mol. The quantitative estimate of drug-likeness (QED) is 0.292. The lowest BCUT2D eigenvalue weighted by molar-refractivity contribution is -0.143. The highest BCUT2D eigenvalue weighted by molar-refractivity contribution is 7.92. The molecular weight excluding hydrogens is 530 g/mol. The second kappa shape index (κ2) is 12.8. The van der Waals surface area contributed by atoms with Gasteiger partial charge >= 0.3 is 12.4 Å². The van der Waals surface area contributed by atoms with Crippen LogP contribution in [0.25, 0.3) is 0 Å². The molecule has 0 aliphatic carbocycles. The molecule has 2 N–H and O–H groups in total. The van der Waals surface area contributed by atoms with E-state index in [9.17, 15) is 44.3 Å². The Hall–Kier alpha value is -2.61. The third-order valence-electron chi connectivity index (χ3n) is 5.05. The number of rotatable bonds is 7. The zero-order valence-corrected chi connectivity index (χ0v) is 21.3. The summed E-state index contributed by atoms with van der Waals surface area (Å²) < 4.78 is 107. The summed E-state index contributed by atoms with van der Waals surface area (Å²) in [5.74, 6) is -1.85. The van der Waals surface area contributed by atoms with Crippen molar-refractivity contribution in [3.05, 3.63) is 47.5 Å². The van der Waals surface area contributed by atoms with E-state index in [2.05, 4.69) is 16.6 Å². The smallest absolute Gasteiger partial charge is 0.416 e. The molecule has 37 heavy (non-hydrogen) atoms. The lowest BCUT2D eigenvalue weighted by atomic mass is 10.0. The number of amides is 1. The second-order valence-electron chi connectivity index (χ2n) is 9.27. The zero-order valence-electron chi connectivity index (χ0n) is 20.5. The van der Waals surface area contributed by atoms with Crippen LogP contribution in [0.1, 0.15) is 55.1 Å². The standard InChI is InChI=1S/C18H20F6N2O3S.C5H10O2/c1-2-15(30(28,29)10-11-3-5-25-6-4-11)26-16(27)12-7-13(17(19,20)21)9-14(8-12)18(22,23)24;1-5(2,3)7-4-6/h2,7-9,11,15,25H,1,3-6,10H2,(H,26,27);4H,1-3H3. The minimum atomic E-state index is -5.13. The second-order valence-corrected chi connectivity index (χ2v) is 11.4. The number of piperidine rings is 1. The van der Waals surface area contributed by atoms with Crippen LogP contribution in [0.3, 0.4) is 0 Å². The lowest BCUT2D eigenvalue weighted by Crippen LogP contribution is -2.42. The van der Waals surface area contributed by atoms with E-state index in [1.54, 1.807) is 0 Å². The lowest BCUT2D eigenvalue weighted by Gasteiger charge is -2.24. The van der Waals surface area contributed by atoms with Gasteiger partial charge in [0.15, 0.2) is 9.84 Å². The number of hydrogen-bond acceptors (Lipinski definition) is 6. The average molecular weight is 561 g/mol. The van der Waals surface area contributed by atoms with Crippen molar-refractivity contribution in [2.24, 2.45) is 5.92 Å². The normalized spacial score (nSPS) is 16.1. The van der Waals surface area contributed by atoms with Gasteiger partial charge in [0, 0.05) is 5.56 Å². The molecule has 2 rings (SSSR count). The summed E-state index contributed by atoms with van der Waals surface area (Å²) in [4.78, 5) is 21.9. The van der Waals surface area contributed by atoms with Crippen molar-refractivity contribution in [2.75, 3.05) is 18.8 Å². The summed E-state index contributed by atoms with van der Waals surface area (Å²) in [5, 5.41) is 3.39. The fourth-order valence-corrected chi connectivity index (χ4v) is 5.00. The van der Waals surface area contributed by atoms with Crippen molar-refractivity contribution in [3.8, 4) is 0 Å². The monoisotopic (exact) mass is 560 g/mol. The molecule has 1 unspecified atom stereocenters. The Balaban J connectivity index is 0.000000856. The van der Waals surface area contributed by atoms with Crippen molar-refractivity contribution >= 4 is 22.2 Å². The van der Waals surface area contributed by atoms with Crippen LogP contribution in [0.5, 0.6) is 0 Å². The molecule has 0 aromatic heterocycles. The first kappa shape index (κ1) is 32.4. The van der Waals surface area contributed by atoms with E-state index < -0.39 is 50.2 Å². The number of carbonyl (C=O) groups excluding carboxylic acids is 2. The Morgan fingerprint density at radius 3 is 1.92 bits per heavy atom. The molecule has 1 fully saturated rings. The summed E-state index contributed by atoms with van der Waals surface area (Å²) in [6, 6.07) is 0.365. The van der Waals surface area contributed by atoms with E-state index in [4.69, 9.17) is 0 Å². The van der Waals surface area contributed by atoms with Gasteiger partial charge in [0.25, 0.3) is 12.4 Å². The third-order valence-corrected chi connectivity index (χ3v) is 7.07. The molecule has 1 aromatic carbocycles. The number of benzene rings is 1. The molecule has 14 heteroatoms. The van der Waals surface area contributed by atoms with Gasteiger partial charge in [0.2, 0.25) is 0 Å². The Morgan fingerprint density at radius 1 is 1.08 bits per heavy atom. The van der Waals surface area contributed by atoms with Gasteiger partial charge in [-0.05, 0) is 70.8 Å². The van der Waals surface area contributed by atoms with E-state index in [0.29, 0.717) is 32.4 Å². The molecule has 1 aliphatic heterocycles. The minimum Gasteiger partial charge on any atom is -0.462 e. The fraction of sp³-hybridized carbons (Fsp3) is 0.565. The Kier molecular flexibility index (Phi) is 11.2. The number of carbonyl (C=O) groups is 2. The summed E-state index contributed by atoms with van der Waals surface area (Å²) >= 11 is 0. The van der Waals surface area contributed by atoms with Gasteiger partial charge in [-0.1, -0.05) is 6.08 Å². The SMILES string of the molecule is C=CC(NC(=O)c1cc(C(F)(F)F)cc(C(F)(F)F)c1)S(=O)(=O)CC1CCNCC1.CC(C)(C)OC=O. The Morgan fingerprint density at radius 2 is 1.57 bits per heavy atom. The molecule has 1 saturated heterocycles. The Bertz CT molecular complexity index is 1010. The first-order valence-electron chi connectivity index (χ1n) is 11.1. The molecule has 1 aromatic rings. The van der Waals surface area contributed by atoms with Gasteiger partial charge in [0.1, 0.15) is 11.0 Å². The largest absolute Gasteiger partial charge is 0.462 e. The van der Waals surface area contributed by atoms with Crippen molar-refractivity contribution in [2.45, 2.75) is 56.9 Å². The molecule has 0 bridgehead atoms. The molecule has 210 valence electrons. The molecule has 1 amide bonds. The minimum absolute atomic E-state index is 0.115. The highest BCUT2D eigenvalue weighted by Gasteiger charge is 2.38. The van der Waals surface area contributed by atoms with Crippen LogP contribution in [0.4, 0.5) is 26.3 Å². The maximum atomic E-state index is 13.0. The van der Waals surface area contributed by atoms with E-state index in [0.717, 1.165) is 6.08 Å². The van der Waals surface area contributed by atoms with Gasteiger partial charge in [-0.15, -0.1) is 6.58 Å². The van der Waals surface area contributed by atoms with Crippen molar-refractivity contribution in [3.63, 3.8) is 0 Å². The molecule has 0 spiro atoms. The van der Waals surface area contributed by atoms with E-state index in [1.165, 1.54) is 0 Å². The molecule has 1 atom stereocenters. The number of hydrogen-bond donors (Lipinski definition) is 2. The van der Waals surface area contributed by atoms with Crippen LogP contribution in [0.15, 0.2) is 30.9 Å². The van der Waals surface area contributed by atoms with Gasteiger partial charge in [0.05, 0.1) is 16.9 Å². The van der Waals surface area contributed by atoms with Crippen LogP contribution < -0.4 is 10.6 Å². The predicted octanol–water partition coefficient (Wildman–Crippen LogP) is 4.34. The zero-order chi connectivity index (χ0) is 28.7. The third kappa shape index (κ3) is 11.1. The summed E-state index contributed by atoms with van der Waals surface area (Å²) in [6.45, 7) is 10.5. The molecule has 1 aliphatic rings. The summed E-state index contributed by atoms with van der Waals surface area (Å²) in [7, 11) is -3.97. The molecule has 0 radical (unpaired) electrons. The molecule has 1 heterocycles. The van der Waals surface area contributed by atoms with Gasteiger partial charge in [-0.25, -0.2) is 8.42 Å². The van der Waals surface area contributed by atoms with Crippen LogP contribution in [-0.4, -0.2) is 50.6 Å². The van der Waals surface area contributed by atoms with Crippen LogP contribution in [0.2, 0.25) is 0 Å². The average Bonchev–Trinajstić information content (AvgIpc) is 2.75. The summed E-state index contributed by atoms with van der Waals surface area (Å²) in [6.07, 6.45) is -8.21. The number of alkyl halides is 6. The first-order valence-corrected chi connectivity index (χ1v) is 12.8. The number of halogens is 6. The van der Waals surface area contributed by atoms with Crippen molar-refractivity contribution in [1.29, 1.82) is 0 Å². The molecule has 7 nitrogen and oxygen atoms in total. The topological polar surface area (TPSA) is 102 Å². The van der Waals surface area contributed by atoms with E-state index in [1.807, 2.05) is 26.1 Å². The maximum absolute atomic E-state index is 13.0. The van der Waals surface area contributed by atoms with Crippen molar-refractivity contribution in [1.82, 2.24) is 10.6 Å². The van der Waals surface area contributed by atoms with Crippen molar-refractivity contribution < 1.29 is 49.1 Å². The van der Waals surface area contributed by atoms with E-state index in [-0.39, 0.29) is 35.5 Å². The van der Waals surface area contributed by atoms with Gasteiger partial charge in [-0.3, -0.25) is 9.59 Å². The Labute approximate surface area is 211 Å². The molecular formula is C23H30F6N2O5S. The van der Waals surface area contributed by atoms with Crippen LogP contribution in [0, 0.1) is 5.92 Å². The summed E-state index contributed by atoms with van der Waals surface area (Å²) in [5.41, 5.74) is -4.62. The van der Waals surface area contributed by atoms with Crippen LogP contribution in [-0.2, 0) is 31.7 Å². The van der Waals surface area contributed by atoms with Gasteiger partial charge < -0.3 is 15.4 Å². The first-order chi connectivity index (χ1) is 16.8. The number of sulfone groups is 1. The fourth-order valence-electron chi connectivity index (χ4n) is 3.22. The van der Waals surface area contributed by atoms with Gasteiger partial charge in [-0.2, -0.15) is 26.3 Å².